The quantitative estimate of drug-likeness (QED) is 0.607. The number of pyridine rings is 1. The summed E-state index contributed by atoms with van der Waals surface area (Å²) in [5, 5.41) is 4.08. The van der Waals surface area contributed by atoms with Gasteiger partial charge in [0.1, 0.15) is 23.2 Å². The second-order valence-electron chi connectivity index (χ2n) is 8.12. The summed E-state index contributed by atoms with van der Waals surface area (Å²) in [5.74, 6) is 0.293. The number of morpholine rings is 1. The summed E-state index contributed by atoms with van der Waals surface area (Å²) in [4.78, 5) is 19.8. The minimum atomic E-state index is -0.312. The molecule has 0 radical (unpaired) electrons. The van der Waals surface area contributed by atoms with Crippen molar-refractivity contribution in [2.75, 3.05) is 19.7 Å². The van der Waals surface area contributed by atoms with Gasteiger partial charge in [0.15, 0.2) is 0 Å². The van der Waals surface area contributed by atoms with Crippen LogP contribution in [-0.4, -0.2) is 40.6 Å². The number of hydrogen-bond acceptors (Lipinski definition) is 5. The molecule has 1 amide bonds. The van der Waals surface area contributed by atoms with Gasteiger partial charge in [-0.2, -0.15) is 0 Å². The first-order valence-corrected chi connectivity index (χ1v) is 10.5. The van der Waals surface area contributed by atoms with E-state index >= 15 is 0 Å². The summed E-state index contributed by atoms with van der Waals surface area (Å²) >= 11 is 0. The van der Waals surface area contributed by atoms with E-state index < -0.39 is 0 Å². The van der Waals surface area contributed by atoms with Crippen LogP contribution in [-0.2, 0) is 11.2 Å². The summed E-state index contributed by atoms with van der Waals surface area (Å²) in [5.41, 5.74) is 3.87. The zero-order valence-corrected chi connectivity index (χ0v) is 18.0. The lowest BCUT2D eigenvalue weighted by atomic mass is 10.0. The number of benzene rings is 1. The first-order chi connectivity index (χ1) is 14.9. The number of aromatic nitrogens is 2. The van der Waals surface area contributed by atoms with E-state index in [4.69, 9.17) is 14.2 Å². The fraction of sp³-hybridized carbons (Fsp3) is 0.375. The van der Waals surface area contributed by atoms with Crippen LogP contribution in [0.2, 0.25) is 0 Å². The maximum Gasteiger partial charge on any atom is 0.259 e. The molecular weight excluding hydrogens is 397 g/mol. The summed E-state index contributed by atoms with van der Waals surface area (Å²) < 4.78 is 24.4. The second-order valence-corrected chi connectivity index (χ2v) is 8.12. The minimum Gasteiger partial charge on any atom is -0.368 e. The molecule has 1 aromatic carbocycles. The normalized spacial score (nSPS) is 16.7. The Morgan fingerprint density at radius 3 is 2.74 bits per heavy atom. The van der Waals surface area contributed by atoms with Crippen LogP contribution in [0.25, 0.3) is 0 Å². The second kappa shape index (κ2) is 8.98. The first-order valence-electron chi connectivity index (χ1n) is 10.5. The molecule has 1 saturated heterocycles. The van der Waals surface area contributed by atoms with E-state index in [-0.39, 0.29) is 23.7 Å². The molecule has 1 atom stereocenters. The molecule has 1 fully saturated rings. The number of amides is 1. The Kier molecular flexibility index (Phi) is 6.13. The number of carbonyl (C=O) groups is 1. The molecule has 1 aliphatic rings. The number of nitrogens with zero attached hydrogens (tertiary/aromatic N) is 3. The third-order valence-corrected chi connectivity index (χ3v) is 5.46. The van der Waals surface area contributed by atoms with Crippen LogP contribution < -0.4 is 0 Å². The SMILES string of the molecule is Cc1onc(C(C)C)c1C(=O)N1CCOC(c2cccc(Cc3ccc(F)cc3)n2)C1. The lowest BCUT2D eigenvalue weighted by molar-refractivity contribution is -0.0248. The van der Waals surface area contributed by atoms with Crippen LogP contribution in [0.4, 0.5) is 4.39 Å². The minimum absolute atomic E-state index is 0.0850. The molecule has 2 aromatic heterocycles. The Morgan fingerprint density at radius 1 is 1.23 bits per heavy atom. The van der Waals surface area contributed by atoms with Gasteiger partial charge in [0.2, 0.25) is 0 Å². The van der Waals surface area contributed by atoms with E-state index in [9.17, 15) is 9.18 Å². The fourth-order valence-electron chi connectivity index (χ4n) is 3.80. The van der Waals surface area contributed by atoms with E-state index in [2.05, 4.69) is 5.16 Å². The van der Waals surface area contributed by atoms with Crippen LogP contribution in [0.3, 0.4) is 0 Å². The summed E-state index contributed by atoms with van der Waals surface area (Å²) in [6.07, 6.45) is 0.287. The van der Waals surface area contributed by atoms with Gasteiger partial charge >= 0.3 is 0 Å². The van der Waals surface area contributed by atoms with Crippen molar-refractivity contribution in [3.8, 4) is 0 Å². The predicted octanol–water partition coefficient (Wildman–Crippen LogP) is 4.45. The van der Waals surface area contributed by atoms with Crippen molar-refractivity contribution in [2.45, 2.75) is 39.2 Å². The van der Waals surface area contributed by atoms with Crippen LogP contribution in [0.15, 0.2) is 47.0 Å². The van der Waals surface area contributed by atoms with Gasteiger partial charge in [0, 0.05) is 18.7 Å². The van der Waals surface area contributed by atoms with Gasteiger partial charge in [-0.25, -0.2) is 4.39 Å². The van der Waals surface area contributed by atoms with Crippen molar-refractivity contribution in [3.63, 3.8) is 0 Å². The molecule has 0 saturated carbocycles. The highest BCUT2D eigenvalue weighted by molar-refractivity contribution is 5.96. The number of ether oxygens (including phenoxy) is 1. The van der Waals surface area contributed by atoms with Crippen molar-refractivity contribution in [3.05, 3.63) is 82.3 Å². The van der Waals surface area contributed by atoms with Gasteiger partial charge in [-0.3, -0.25) is 9.78 Å². The number of hydrogen-bond donors (Lipinski definition) is 0. The molecule has 0 spiro atoms. The van der Waals surface area contributed by atoms with Gasteiger partial charge in [0.25, 0.3) is 5.91 Å². The Hall–Kier alpha value is -3.06. The molecule has 7 heteroatoms. The smallest absolute Gasteiger partial charge is 0.259 e. The Labute approximate surface area is 181 Å². The summed E-state index contributed by atoms with van der Waals surface area (Å²) in [6, 6.07) is 12.2. The fourth-order valence-corrected chi connectivity index (χ4v) is 3.80. The number of halogens is 1. The van der Waals surface area contributed by atoms with Gasteiger partial charge < -0.3 is 14.2 Å². The topological polar surface area (TPSA) is 68.5 Å². The zero-order valence-electron chi connectivity index (χ0n) is 18.0. The van der Waals surface area contributed by atoms with Gasteiger partial charge in [-0.05, 0) is 42.7 Å². The number of rotatable bonds is 5. The van der Waals surface area contributed by atoms with Crippen LogP contribution in [0.5, 0.6) is 0 Å². The standard InChI is InChI=1S/C24H26FN3O3/c1-15(2)23-22(16(3)31-27-23)24(29)28-11-12-30-21(14-28)20-6-4-5-19(26-20)13-17-7-9-18(25)10-8-17/h4-10,15,21H,11-14H2,1-3H3. The van der Waals surface area contributed by atoms with Crippen molar-refractivity contribution >= 4 is 5.91 Å². The molecule has 1 unspecified atom stereocenters. The molecular formula is C24H26FN3O3. The molecule has 6 nitrogen and oxygen atoms in total. The Morgan fingerprint density at radius 2 is 2.00 bits per heavy atom. The third-order valence-electron chi connectivity index (χ3n) is 5.46. The molecule has 0 N–H and O–H groups in total. The predicted molar refractivity (Wildman–Crippen MR) is 113 cm³/mol. The maximum atomic E-state index is 13.2. The summed E-state index contributed by atoms with van der Waals surface area (Å²) in [6.45, 7) is 7.10. The van der Waals surface area contributed by atoms with Crippen molar-refractivity contribution in [2.24, 2.45) is 0 Å². The molecule has 162 valence electrons. The van der Waals surface area contributed by atoms with E-state index in [0.29, 0.717) is 43.1 Å². The van der Waals surface area contributed by atoms with Crippen molar-refractivity contribution in [1.29, 1.82) is 0 Å². The van der Waals surface area contributed by atoms with E-state index in [1.807, 2.05) is 32.0 Å². The molecule has 31 heavy (non-hydrogen) atoms. The average Bonchev–Trinajstić information content (AvgIpc) is 3.17. The highest BCUT2D eigenvalue weighted by Crippen LogP contribution is 2.27. The number of aryl methyl sites for hydroxylation is 1. The van der Waals surface area contributed by atoms with Gasteiger partial charge in [-0.1, -0.05) is 37.2 Å². The summed E-state index contributed by atoms with van der Waals surface area (Å²) in [7, 11) is 0. The Balaban J connectivity index is 1.50. The molecule has 0 aliphatic carbocycles. The zero-order chi connectivity index (χ0) is 22.0. The molecule has 4 rings (SSSR count). The maximum absolute atomic E-state index is 13.2. The highest BCUT2D eigenvalue weighted by atomic mass is 19.1. The lowest BCUT2D eigenvalue weighted by Gasteiger charge is -2.33. The van der Waals surface area contributed by atoms with Gasteiger partial charge in [-0.15, -0.1) is 0 Å². The van der Waals surface area contributed by atoms with E-state index in [1.165, 1.54) is 12.1 Å². The molecule has 3 heterocycles. The molecule has 0 bridgehead atoms. The van der Waals surface area contributed by atoms with Crippen LogP contribution in [0, 0.1) is 12.7 Å². The highest BCUT2D eigenvalue weighted by Gasteiger charge is 2.31. The van der Waals surface area contributed by atoms with Gasteiger partial charge in [0.05, 0.1) is 24.5 Å². The van der Waals surface area contributed by atoms with Crippen molar-refractivity contribution in [1.82, 2.24) is 15.0 Å². The monoisotopic (exact) mass is 423 g/mol. The first kappa shape index (κ1) is 21.2. The number of carbonyl (C=O) groups excluding carboxylic acids is 1. The van der Waals surface area contributed by atoms with Crippen LogP contribution in [0.1, 0.15) is 64.6 Å². The largest absolute Gasteiger partial charge is 0.368 e. The third kappa shape index (κ3) is 4.66. The van der Waals surface area contributed by atoms with Crippen molar-refractivity contribution < 1.29 is 18.4 Å². The molecule has 3 aromatic rings. The average molecular weight is 423 g/mol. The molecule has 1 aliphatic heterocycles. The van der Waals surface area contributed by atoms with E-state index in [0.717, 1.165) is 17.0 Å². The lowest BCUT2D eigenvalue weighted by Crippen LogP contribution is -2.43. The van der Waals surface area contributed by atoms with Crippen LogP contribution >= 0.6 is 0 Å². The Bertz CT molecular complexity index is 1060. The van der Waals surface area contributed by atoms with E-state index in [1.54, 1.807) is 24.0 Å².